The number of piperidine rings is 1. The van der Waals surface area contributed by atoms with Gasteiger partial charge in [-0.05, 0) is 115 Å². The quantitative estimate of drug-likeness (QED) is 0.196. The van der Waals surface area contributed by atoms with Crippen LogP contribution in [0, 0.1) is 0 Å². The van der Waals surface area contributed by atoms with Crippen LogP contribution in [0.1, 0.15) is 76.3 Å². The molecular weight excluding hydrogens is 550 g/mol. The number of nitrogens with one attached hydrogen (secondary N) is 2. The number of aromatic amines is 1. The molecule has 0 spiro atoms. The van der Waals surface area contributed by atoms with Crippen molar-refractivity contribution in [2.24, 2.45) is 0 Å². The Balaban J connectivity index is 1.52. The molecule has 0 unspecified atom stereocenters. The predicted molar refractivity (Wildman–Crippen MR) is 180 cm³/mol. The van der Waals surface area contributed by atoms with E-state index in [2.05, 4.69) is 66.1 Å². The highest BCUT2D eigenvalue weighted by Gasteiger charge is 2.24. The molecule has 5 rings (SSSR count). The zero-order valence-electron chi connectivity index (χ0n) is 26.7. The number of urea groups is 1. The normalized spacial score (nSPS) is 13.9. The molecule has 0 atom stereocenters. The Bertz CT molecular complexity index is 1630. The van der Waals surface area contributed by atoms with Gasteiger partial charge in [-0.15, -0.1) is 0 Å². The van der Waals surface area contributed by atoms with Gasteiger partial charge in [0.05, 0.1) is 7.11 Å². The van der Waals surface area contributed by atoms with Crippen LogP contribution in [0.25, 0.3) is 22.2 Å². The number of amides is 2. The third kappa shape index (κ3) is 7.13. The van der Waals surface area contributed by atoms with Gasteiger partial charge in [0, 0.05) is 23.8 Å². The van der Waals surface area contributed by atoms with Crippen LogP contribution in [0.4, 0.5) is 16.2 Å². The molecular formula is C36H45N5O3. The average Bonchev–Trinajstić information content (AvgIpc) is 3.03. The SMILES string of the molecule is COc1cccc(-c2cc(C(C)C)c(NC(=O)N(CCCN3CCCCC3)c3cc4cccnc4[nH]c3=O)c(C(C)C)c2)c1. The molecule has 1 fully saturated rings. The highest BCUT2D eigenvalue weighted by Crippen LogP contribution is 2.38. The van der Waals surface area contributed by atoms with E-state index >= 15 is 0 Å². The fourth-order valence-electron chi connectivity index (χ4n) is 6.08. The predicted octanol–water partition coefficient (Wildman–Crippen LogP) is 7.76. The summed E-state index contributed by atoms with van der Waals surface area (Å²) in [5, 5.41) is 4.07. The number of rotatable bonds is 10. The number of aromatic nitrogens is 2. The molecule has 8 nitrogen and oxygen atoms in total. The van der Waals surface area contributed by atoms with Gasteiger partial charge in [0.15, 0.2) is 0 Å². The largest absolute Gasteiger partial charge is 0.497 e. The molecule has 2 aromatic heterocycles. The van der Waals surface area contributed by atoms with Gasteiger partial charge in [-0.3, -0.25) is 9.69 Å². The van der Waals surface area contributed by atoms with Crippen molar-refractivity contribution >= 4 is 28.4 Å². The molecule has 1 aliphatic heterocycles. The van der Waals surface area contributed by atoms with E-state index in [4.69, 9.17) is 4.74 Å². The van der Waals surface area contributed by atoms with Gasteiger partial charge in [-0.25, -0.2) is 9.78 Å². The number of nitrogens with zero attached hydrogens (tertiary/aromatic N) is 3. The molecule has 2 aromatic carbocycles. The number of hydrogen-bond donors (Lipinski definition) is 2. The third-order valence-corrected chi connectivity index (χ3v) is 8.51. The molecule has 0 bridgehead atoms. The summed E-state index contributed by atoms with van der Waals surface area (Å²) in [6, 6.07) is 17.6. The summed E-state index contributed by atoms with van der Waals surface area (Å²) in [4.78, 5) is 38.9. The number of carbonyl (C=O) groups excluding carboxylic acids is 1. The first kappa shape index (κ1) is 31.3. The van der Waals surface area contributed by atoms with Crippen molar-refractivity contribution < 1.29 is 9.53 Å². The van der Waals surface area contributed by atoms with Crippen LogP contribution >= 0.6 is 0 Å². The van der Waals surface area contributed by atoms with Crippen molar-refractivity contribution in [2.45, 2.75) is 65.2 Å². The number of methoxy groups -OCH3 is 1. The zero-order chi connectivity index (χ0) is 31.2. The van der Waals surface area contributed by atoms with Crippen LogP contribution < -0.4 is 20.5 Å². The monoisotopic (exact) mass is 595 g/mol. The summed E-state index contributed by atoms with van der Waals surface area (Å²) in [6.07, 6.45) is 6.11. The molecule has 2 N–H and O–H groups in total. The van der Waals surface area contributed by atoms with Crippen molar-refractivity contribution in [1.82, 2.24) is 14.9 Å². The van der Waals surface area contributed by atoms with Gasteiger partial charge in [0.1, 0.15) is 17.1 Å². The molecule has 232 valence electrons. The van der Waals surface area contributed by atoms with Crippen molar-refractivity contribution in [1.29, 1.82) is 0 Å². The fourth-order valence-corrected chi connectivity index (χ4v) is 6.08. The van der Waals surface area contributed by atoms with Gasteiger partial charge >= 0.3 is 6.03 Å². The first-order chi connectivity index (χ1) is 21.2. The molecule has 0 aliphatic carbocycles. The lowest BCUT2D eigenvalue weighted by atomic mass is 9.88. The van der Waals surface area contributed by atoms with Gasteiger partial charge in [-0.1, -0.05) is 46.2 Å². The summed E-state index contributed by atoms with van der Waals surface area (Å²) >= 11 is 0. The van der Waals surface area contributed by atoms with Gasteiger partial charge < -0.3 is 19.9 Å². The molecule has 0 saturated carbocycles. The molecule has 44 heavy (non-hydrogen) atoms. The second-order valence-electron chi connectivity index (χ2n) is 12.3. The van der Waals surface area contributed by atoms with E-state index in [0.29, 0.717) is 17.9 Å². The van der Waals surface area contributed by atoms with E-state index in [1.54, 1.807) is 24.3 Å². The van der Waals surface area contributed by atoms with E-state index in [-0.39, 0.29) is 23.4 Å². The Morgan fingerprint density at radius 1 is 0.977 bits per heavy atom. The molecule has 4 aromatic rings. The molecule has 1 aliphatic rings. The van der Waals surface area contributed by atoms with Crippen LogP contribution in [-0.4, -0.2) is 54.2 Å². The molecule has 8 heteroatoms. The highest BCUT2D eigenvalue weighted by atomic mass is 16.5. The maximum atomic E-state index is 14.3. The maximum absolute atomic E-state index is 14.3. The Morgan fingerprint density at radius 3 is 2.39 bits per heavy atom. The van der Waals surface area contributed by atoms with Crippen LogP contribution in [0.3, 0.4) is 0 Å². The summed E-state index contributed by atoms with van der Waals surface area (Å²) in [5.41, 5.74) is 5.55. The molecule has 0 radical (unpaired) electrons. The number of anilines is 2. The minimum Gasteiger partial charge on any atom is -0.497 e. The summed E-state index contributed by atoms with van der Waals surface area (Å²) in [7, 11) is 1.67. The van der Waals surface area contributed by atoms with Crippen molar-refractivity contribution in [3.05, 3.63) is 82.3 Å². The lowest BCUT2D eigenvalue weighted by Gasteiger charge is -2.29. The molecule has 3 heterocycles. The lowest BCUT2D eigenvalue weighted by molar-refractivity contribution is 0.226. The van der Waals surface area contributed by atoms with E-state index in [0.717, 1.165) is 65.1 Å². The van der Waals surface area contributed by atoms with Gasteiger partial charge in [0.2, 0.25) is 0 Å². The summed E-state index contributed by atoms with van der Waals surface area (Å²) < 4.78 is 5.49. The smallest absolute Gasteiger partial charge is 0.326 e. The lowest BCUT2D eigenvalue weighted by Crippen LogP contribution is -2.41. The number of hydrogen-bond acceptors (Lipinski definition) is 5. The maximum Gasteiger partial charge on any atom is 0.326 e. The van der Waals surface area contributed by atoms with Crippen LogP contribution in [0.2, 0.25) is 0 Å². The van der Waals surface area contributed by atoms with Gasteiger partial charge in [0.25, 0.3) is 5.56 Å². The first-order valence-corrected chi connectivity index (χ1v) is 15.9. The summed E-state index contributed by atoms with van der Waals surface area (Å²) in [5.74, 6) is 1.10. The van der Waals surface area contributed by atoms with E-state index in [9.17, 15) is 9.59 Å². The van der Waals surface area contributed by atoms with Crippen LogP contribution in [0.5, 0.6) is 5.75 Å². The number of fused-ring (bicyclic) bond motifs is 1. The minimum atomic E-state index is -0.328. The topological polar surface area (TPSA) is 90.6 Å². The number of pyridine rings is 2. The average molecular weight is 596 g/mol. The zero-order valence-corrected chi connectivity index (χ0v) is 26.7. The van der Waals surface area contributed by atoms with Gasteiger partial charge in [-0.2, -0.15) is 0 Å². The highest BCUT2D eigenvalue weighted by molar-refractivity contribution is 6.03. The first-order valence-electron chi connectivity index (χ1n) is 15.9. The van der Waals surface area contributed by atoms with E-state index in [1.165, 1.54) is 19.3 Å². The van der Waals surface area contributed by atoms with E-state index in [1.807, 2.05) is 30.3 Å². The fraction of sp³-hybridized carbons (Fsp3) is 0.417. The Labute approximate surface area is 260 Å². The van der Waals surface area contributed by atoms with Crippen molar-refractivity contribution in [3.63, 3.8) is 0 Å². The second kappa shape index (κ2) is 14.1. The van der Waals surface area contributed by atoms with Crippen molar-refractivity contribution in [2.75, 3.05) is 43.5 Å². The minimum absolute atomic E-state index is 0.149. The van der Waals surface area contributed by atoms with E-state index < -0.39 is 0 Å². The Hall–Kier alpha value is -4.17. The summed E-state index contributed by atoms with van der Waals surface area (Å²) in [6.45, 7) is 12.0. The number of ether oxygens (including phenoxy) is 1. The Kier molecular flexibility index (Phi) is 10.0. The molecule has 1 saturated heterocycles. The second-order valence-corrected chi connectivity index (χ2v) is 12.3. The standard InChI is InChI=1S/C36H45N5O3/c1-24(2)30-21-28(26-12-9-14-29(20-26)44-5)22-31(25(3)4)33(30)38-36(43)41(19-11-18-40-16-7-6-8-17-40)32-23-27-13-10-15-37-34(27)39-35(32)42/h9-10,12-15,20-25H,6-8,11,16-19H2,1-5H3,(H,38,43)(H,37,39,42). The number of H-pyrrole nitrogens is 1. The van der Waals surface area contributed by atoms with Crippen molar-refractivity contribution in [3.8, 4) is 16.9 Å². The van der Waals surface area contributed by atoms with Crippen LogP contribution in [0.15, 0.2) is 65.6 Å². The Morgan fingerprint density at radius 2 is 1.70 bits per heavy atom. The number of likely N-dealkylation sites (tertiary alicyclic amines) is 1. The van der Waals surface area contributed by atoms with Crippen LogP contribution in [-0.2, 0) is 0 Å². The third-order valence-electron chi connectivity index (χ3n) is 8.51. The number of benzene rings is 2. The molecule has 2 amide bonds. The number of carbonyl (C=O) groups is 1.